The molecule has 0 spiro atoms. The molecule has 1 heterocycles. The minimum absolute atomic E-state index is 0.0652. The molecule has 3 nitrogen and oxygen atoms in total. The van der Waals surface area contributed by atoms with Gasteiger partial charge in [0.2, 0.25) is 0 Å². The molecule has 0 unspecified atom stereocenters. The number of pyridine rings is 1. The SMILES string of the molecule is Cc1cc(C(=O)O)nc2c(C)cc(Cl)cc12. The van der Waals surface area contributed by atoms with Crippen molar-refractivity contribution in [1.82, 2.24) is 4.98 Å². The largest absolute Gasteiger partial charge is 0.477 e. The topological polar surface area (TPSA) is 50.2 Å². The van der Waals surface area contributed by atoms with E-state index in [4.69, 9.17) is 16.7 Å². The second kappa shape index (κ2) is 3.76. The van der Waals surface area contributed by atoms with Crippen LogP contribution in [0.15, 0.2) is 18.2 Å². The number of nitrogens with zero attached hydrogens (tertiary/aromatic N) is 1. The minimum Gasteiger partial charge on any atom is -0.477 e. The second-order valence-corrected chi connectivity index (χ2v) is 4.18. The van der Waals surface area contributed by atoms with E-state index in [1.165, 1.54) is 0 Å². The Labute approximate surface area is 97.7 Å². The van der Waals surface area contributed by atoms with Gasteiger partial charge in [-0.3, -0.25) is 0 Å². The smallest absolute Gasteiger partial charge is 0.354 e. The number of benzene rings is 1. The van der Waals surface area contributed by atoms with E-state index in [0.717, 1.165) is 16.5 Å². The van der Waals surface area contributed by atoms with Crippen molar-refractivity contribution < 1.29 is 9.90 Å². The summed E-state index contributed by atoms with van der Waals surface area (Å²) in [6.45, 7) is 3.72. The van der Waals surface area contributed by atoms with E-state index < -0.39 is 5.97 Å². The highest BCUT2D eigenvalue weighted by atomic mass is 35.5. The maximum Gasteiger partial charge on any atom is 0.354 e. The summed E-state index contributed by atoms with van der Waals surface area (Å²) < 4.78 is 0. The highest BCUT2D eigenvalue weighted by Gasteiger charge is 2.10. The molecule has 0 fully saturated rings. The molecule has 0 atom stereocenters. The summed E-state index contributed by atoms with van der Waals surface area (Å²) in [5.41, 5.74) is 2.51. The van der Waals surface area contributed by atoms with E-state index in [2.05, 4.69) is 4.98 Å². The van der Waals surface area contributed by atoms with Crippen LogP contribution < -0.4 is 0 Å². The first-order chi connectivity index (χ1) is 7.49. The molecule has 1 aromatic heterocycles. The van der Waals surface area contributed by atoms with Crippen molar-refractivity contribution in [3.63, 3.8) is 0 Å². The Kier molecular flexibility index (Phi) is 2.56. The normalized spacial score (nSPS) is 10.7. The van der Waals surface area contributed by atoms with Crippen LogP contribution in [0.1, 0.15) is 21.6 Å². The Hall–Kier alpha value is -1.61. The molecule has 0 radical (unpaired) electrons. The molecule has 0 saturated carbocycles. The number of fused-ring (bicyclic) bond motifs is 1. The summed E-state index contributed by atoms with van der Waals surface area (Å²) >= 11 is 5.95. The Morgan fingerprint density at radius 3 is 2.56 bits per heavy atom. The van der Waals surface area contributed by atoms with Crippen LogP contribution in [0.4, 0.5) is 0 Å². The molecule has 0 amide bonds. The highest BCUT2D eigenvalue weighted by molar-refractivity contribution is 6.31. The van der Waals surface area contributed by atoms with Crippen molar-refractivity contribution in [2.45, 2.75) is 13.8 Å². The molecular formula is C12H10ClNO2. The fraction of sp³-hybridized carbons (Fsp3) is 0.167. The molecule has 2 aromatic rings. The molecule has 1 aromatic carbocycles. The lowest BCUT2D eigenvalue weighted by atomic mass is 10.1. The van der Waals surface area contributed by atoms with Crippen LogP contribution in [-0.4, -0.2) is 16.1 Å². The van der Waals surface area contributed by atoms with E-state index in [1.54, 1.807) is 18.2 Å². The molecule has 2 rings (SSSR count). The van der Waals surface area contributed by atoms with Gasteiger partial charge in [0.15, 0.2) is 0 Å². The zero-order chi connectivity index (χ0) is 11.9. The molecule has 1 N–H and O–H groups in total. The van der Waals surface area contributed by atoms with Gasteiger partial charge in [0.05, 0.1) is 5.52 Å². The van der Waals surface area contributed by atoms with Crippen LogP contribution in [-0.2, 0) is 0 Å². The number of carbonyl (C=O) groups is 1. The highest BCUT2D eigenvalue weighted by Crippen LogP contribution is 2.25. The van der Waals surface area contributed by atoms with Gasteiger partial charge in [-0.2, -0.15) is 0 Å². The first-order valence-corrected chi connectivity index (χ1v) is 5.17. The van der Waals surface area contributed by atoms with Crippen LogP contribution >= 0.6 is 11.6 Å². The quantitative estimate of drug-likeness (QED) is 0.826. The van der Waals surface area contributed by atoms with Crippen LogP contribution in [0.2, 0.25) is 5.02 Å². The van der Waals surface area contributed by atoms with Gasteiger partial charge >= 0.3 is 5.97 Å². The predicted octanol–water partition coefficient (Wildman–Crippen LogP) is 3.20. The first-order valence-electron chi connectivity index (χ1n) is 4.80. The van der Waals surface area contributed by atoms with Crippen molar-refractivity contribution >= 4 is 28.5 Å². The molecule has 16 heavy (non-hydrogen) atoms. The van der Waals surface area contributed by atoms with Gasteiger partial charge < -0.3 is 5.11 Å². The van der Waals surface area contributed by atoms with Gasteiger partial charge in [-0.05, 0) is 43.2 Å². The zero-order valence-electron chi connectivity index (χ0n) is 8.91. The molecular weight excluding hydrogens is 226 g/mol. The van der Waals surface area contributed by atoms with Crippen LogP contribution in [0.25, 0.3) is 10.9 Å². The Morgan fingerprint density at radius 1 is 1.25 bits per heavy atom. The fourth-order valence-electron chi connectivity index (χ4n) is 1.73. The summed E-state index contributed by atoms with van der Waals surface area (Å²) in [6.07, 6.45) is 0. The van der Waals surface area contributed by atoms with Gasteiger partial charge in [-0.15, -0.1) is 0 Å². The molecule has 0 bridgehead atoms. The lowest BCUT2D eigenvalue weighted by molar-refractivity contribution is 0.0691. The number of hydrogen-bond acceptors (Lipinski definition) is 2. The van der Waals surface area contributed by atoms with Crippen molar-refractivity contribution in [3.8, 4) is 0 Å². The van der Waals surface area contributed by atoms with Crippen LogP contribution in [0, 0.1) is 13.8 Å². The third-order valence-corrected chi connectivity index (χ3v) is 2.71. The zero-order valence-corrected chi connectivity index (χ0v) is 9.67. The number of aryl methyl sites for hydroxylation is 2. The van der Waals surface area contributed by atoms with Crippen molar-refractivity contribution in [2.24, 2.45) is 0 Å². The van der Waals surface area contributed by atoms with Gasteiger partial charge in [0, 0.05) is 10.4 Å². The Bertz CT molecular complexity index is 593. The number of hydrogen-bond donors (Lipinski definition) is 1. The number of aromatic carboxylic acids is 1. The number of aromatic nitrogens is 1. The lowest BCUT2D eigenvalue weighted by Crippen LogP contribution is -2.02. The Morgan fingerprint density at radius 2 is 1.94 bits per heavy atom. The minimum atomic E-state index is -1.01. The average Bonchev–Trinajstić information content (AvgIpc) is 2.19. The van der Waals surface area contributed by atoms with Crippen LogP contribution in [0.3, 0.4) is 0 Å². The average molecular weight is 236 g/mol. The summed E-state index contributed by atoms with van der Waals surface area (Å²) in [6, 6.07) is 5.14. The number of halogens is 1. The first kappa shape index (κ1) is 10.9. The van der Waals surface area contributed by atoms with E-state index in [-0.39, 0.29) is 5.69 Å². The maximum absolute atomic E-state index is 10.9. The summed E-state index contributed by atoms with van der Waals surface area (Å²) in [4.78, 5) is 15.0. The third-order valence-electron chi connectivity index (χ3n) is 2.49. The van der Waals surface area contributed by atoms with E-state index in [9.17, 15) is 4.79 Å². The number of carboxylic acid groups (broad SMARTS) is 1. The molecule has 82 valence electrons. The molecule has 0 aliphatic rings. The van der Waals surface area contributed by atoms with E-state index in [1.807, 2.05) is 13.8 Å². The lowest BCUT2D eigenvalue weighted by Gasteiger charge is -2.07. The second-order valence-electron chi connectivity index (χ2n) is 3.75. The fourth-order valence-corrected chi connectivity index (χ4v) is 2.00. The van der Waals surface area contributed by atoms with E-state index in [0.29, 0.717) is 10.5 Å². The third kappa shape index (κ3) is 1.74. The van der Waals surface area contributed by atoms with Gasteiger partial charge in [0.25, 0.3) is 0 Å². The van der Waals surface area contributed by atoms with E-state index >= 15 is 0 Å². The molecule has 0 saturated heterocycles. The Balaban J connectivity index is 2.87. The van der Waals surface area contributed by atoms with Crippen LogP contribution in [0.5, 0.6) is 0 Å². The number of rotatable bonds is 1. The maximum atomic E-state index is 10.9. The van der Waals surface area contributed by atoms with Crippen molar-refractivity contribution in [3.05, 3.63) is 40.0 Å². The van der Waals surface area contributed by atoms with Crippen molar-refractivity contribution in [2.75, 3.05) is 0 Å². The monoisotopic (exact) mass is 235 g/mol. The summed E-state index contributed by atoms with van der Waals surface area (Å²) in [5.74, 6) is -1.01. The van der Waals surface area contributed by atoms with Crippen molar-refractivity contribution in [1.29, 1.82) is 0 Å². The standard InChI is InChI=1S/C12H10ClNO2/c1-6-4-10(12(15)16)14-11-7(2)3-8(13)5-9(6)11/h3-5H,1-2H3,(H,15,16). The molecule has 4 heteroatoms. The molecule has 0 aliphatic carbocycles. The predicted molar refractivity (Wildman–Crippen MR) is 63.2 cm³/mol. The van der Waals surface area contributed by atoms with Gasteiger partial charge in [-0.25, -0.2) is 9.78 Å². The van der Waals surface area contributed by atoms with Gasteiger partial charge in [0.1, 0.15) is 5.69 Å². The van der Waals surface area contributed by atoms with Gasteiger partial charge in [-0.1, -0.05) is 11.6 Å². The summed E-state index contributed by atoms with van der Waals surface area (Å²) in [5, 5.41) is 10.5. The summed E-state index contributed by atoms with van der Waals surface area (Å²) in [7, 11) is 0. The molecule has 0 aliphatic heterocycles. The number of carboxylic acids is 1.